The van der Waals surface area contributed by atoms with E-state index in [0.717, 1.165) is 28.6 Å². The molecule has 0 saturated heterocycles. The third kappa shape index (κ3) is 3.41. The maximum atomic E-state index is 12.9. The molecule has 0 radical (unpaired) electrons. The van der Waals surface area contributed by atoms with Crippen LogP contribution in [-0.2, 0) is 4.79 Å². The Morgan fingerprint density at radius 2 is 1.64 bits per heavy atom. The zero-order valence-corrected chi connectivity index (χ0v) is 14.1. The highest BCUT2D eigenvalue weighted by Crippen LogP contribution is 2.38. The van der Waals surface area contributed by atoms with Gasteiger partial charge >= 0.3 is 0 Å². The molecule has 3 rings (SSSR count). The Hall–Kier alpha value is -1.61. The van der Waals surface area contributed by atoms with Crippen molar-refractivity contribution in [3.8, 4) is 0 Å². The first kappa shape index (κ1) is 15.3. The summed E-state index contributed by atoms with van der Waals surface area (Å²) in [4.78, 5) is 12.9. The summed E-state index contributed by atoms with van der Waals surface area (Å²) in [6.45, 7) is 0. The highest BCUT2D eigenvalue weighted by Gasteiger charge is 2.32. The molecule has 3 heteroatoms. The number of nitrogens with one attached hydrogen (secondary N) is 1. The number of carbonyl (C=O) groups excluding carboxylic acids is 1. The van der Waals surface area contributed by atoms with Crippen LogP contribution in [0.25, 0.3) is 0 Å². The quantitative estimate of drug-likeness (QED) is 0.783. The number of hydrogen-bond acceptors (Lipinski definition) is 1. The van der Waals surface area contributed by atoms with E-state index < -0.39 is 0 Å². The second kappa shape index (κ2) is 7.10. The lowest BCUT2D eigenvalue weighted by molar-refractivity contribution is -0.118. The van der Waals surface area contributed by atoms with Crippen molar-refractivity contribution in [1.82, 2.24) is 0 Å². The molecule has 2 aromatic carbocycles. The number of hydrogen-bond donors (Lipinski definition) is 1. The monoisotopic (exact) mass is 357 g/mol. The topological polar surface area (TPSA) is 29.1 Å². The zero-order valence-electron chi connectivity index (χ0n) is 12.5. The average molecular weight is 358 g/mol. The van der Waals surface area contributed by atoms with Crippen LogP contribution in [0.15, 0.2) is 59.1 Å². The lowest BCUT2D eigenvalue weighted by atomic mass is 9.84. The van der Waals surface area contributed by atoms with Gasteiger partial charge in [-0.3, -0.25) is 4.79 Å². The lowest BCUT2D eigenvalue weighted by Crippen LogP contribution is -2.26. The normalized spacial score (nSPS) is 16.4. The van der Waals surface area contributed by atoms with Gasteiger partial charge in [0.1, 0.15) is 0 Å². The number of anilines is 1. The van der Waals surface area contributed by atoms with Crippen LogP contribution in [0.4, 0.5) is 5.69 Å². The maximum Gasteiger partial charge on any atom is 0.232 e. The Morgan fingerprint density at radius 1 is 1.00 bits per heavy atom. The first-order valence-corrected chi connectivity index (χ1v) is 8.65. The second-order valence-corrected chi connectivity index (χ2v) is 6.76. The number of rotatable bonds is 4. The molecule has 1 aliphatic rings. The Morgan fingerprint density at radius 3 is 2.32 bits per heavy atom. The largest absolute Gasteiger partial charge is 0.325 e. The smallest absolute Gasteiger partial charge is 0.232 e. The molecule has 2 nitrogen and oxygen atoms in total. The fourth-order valence-electron chi connectivity index (χ4n) is 3.36. The zero-order chi connectivity index (χ0) is 15.4. The summed E-state index contributed by atoms with van der Waals surface area (Å²) in [6, 6.07) is 17.9. The van der Waals surface area contributed by atoms with E-state index in [1.165, 1.54) is 12.8 Å². The van der Waals surface area contributed by atoms with Gasteiger partial charge in [-0.05, 0) is 52.4 Å². The predicted molar refractivity (Wildman–Crippen MR) is 93.9 cm³/mol. The molecule has 1 saturated carbocycles. The van der Waals surface area contributed by atoms with Crippen molar-refractivity contribution in [2.75, 3.05) is 5.32 Å². The summed E-state index contributed by atoms with van der Waals surface area (Å²) in [5.41, 5.74) is 1.96. The molecule has 2 aromatic rings. The summed E-state index contributed by atoms with van der Waals surface area (Å²) in [5.74, 6) is 0.491. The van der Waals surface area contributed by atoms with E-state index >= 15 is 0 Å². The third-order valence-corrected chi connectivity index (χ3v) is 5.14. The van der Waals surface area contributed by atoms with Crippen LogP contribution in [0.5, 0.6) is 0 Å². The van der Waals surface area contributed by atoms with E-state index in [-0.39, 0.29) is 11.8 Å². The summed E-state index contributed by atoms with van der Waals surface area (Å²) in [6.07, 6.45) is 4.75. The molecule has 0 unspecified atom stereocenters. The van der Waals surface area contributed by atoms with E-state index in [4.69, 9.17) is 0 Å². The molecule has 1 N–H and O–H groups in total. The van der Waals surface area contributed by atoms with Crippen LogP contribution in [0.2, 0.25) is 0 Å². The minimum absolute atomic E-state index is 0.0594. The molecule has 0 bridgehead atoms. The Kier molecular flexibility index (Phi) is 4.94. The highest BCUT2D eigenvalue weighted by molar-refractivity contribution is 9.10. The SMILES string of the molecule is O=C(Nc1ccccc1Br)[C@H](c1ccccc1)C1CCCC1. The van der Waals surface area contributed by atoms with Gasteiger partial charge in [0, 0.05) is 4.47 Å². The Balaban J connectivity index is 1.85. The third-order valence-electron chi connectivity index (χ3n) is 4.44. The molecule has 1 aliphatic carbocycles. The average Bonchev–Trinajstić information content (AvgIpc) is 3.05. The molecule has 0 heterocycles. The summed E-state index contributed by atoms with van der Waals surface area (Å²) < 4.78 is 0.918. The Bertz CT molecular complexity index is 635. The van der Waals surface area contributed by atoms with E-state index in [1.54, 1.807) is 0 Å². The van der Waals surface area contributed by atoms with E-state index in [2.05, 4.69) is 33.4 Å². The predicted octanol–water partition coefficient (Wildman–Crippen LogP) is 5.36. The standard InChI is InChI=1S/C19H20BrNO/c20-16-12-6-7-13-17(16)21-19(22)18(15-10-4-5-11-15)14-8-2-1-3-9-14/h1-3,6-9,12-13,15,18H,4-5,10-11H2,(H,21,22)/t18-/m1/s1. The fraction of sp³-hybridized carbons (Fsp3) is 0.316. The van der Waals surface area contributed by atoms with Crippen LogP contribution in [-0.4, -0.2) is 5.91 Å². The number of amides is 1. The number of para-hydroxylation sites is 1. The summed E-state index contributed by atoms with van der Waals surface area (Å²) >= 11 is 3.50. The second-order valence-electron chi connectivity index (χ2n) is 5.90. The molecule has 1 amide bonds. The molecule has 0 aliphatic heterocycles. The molecule has 1 atom stereocenters. The number of benzene rings is 2. The number of halogens is 1. The van der Waals surface area contributed by atoms with Crippen molar-refractivity contribution in [2.24, 2.45) is 5.92 Å². The molecular weight excluding hydrogens is 338 g/mol. The van der Waals surface area contributed by atoms with E-state index in [0.29, 0.717) is 5.92 Å². The van der Waals surface area contributed by atoms with Gasteiger partial charge < -0.3 is 5.32 Å². The van der Waals surface area contributed by atoms with Gasteiger partial charge in [-0.2, -0.15) is 0 Å². The number of carbonyl (C=O) groups is 1. The summed E-state index contributed by atoms with van der Waals surface area (Å²) in [7, 11) is 0. The van der Waals surface area contributed by atoms with Crippen molar-refractivity contribution < 1.29 is 4.79 Å². The fourth-order valence-corrected chi connectivity index (χ4v) is 3.75. The van der Waals surface area contributed by atoms with Gasteiger partial charge in [0.25, 0.3) is 0 Å². The van der Waals surface area contributed by atoms with Crippen molar-refractivity contribution in [3.63, 3.8) is 0 Å². The molecular formula is C19H20BrNO. The van der Waals surface area contributed by atoms with Crippen molar-refractivity contribution in [1.29, 1.82) is 0 Å². The van der Waals surface area contributed by atoms with Crippen LogP contribution in [0, 0.1) is 5.92 Å². The molecule has 1 fully saturated rings. The van der Waals surface area contributed by atoms with E-state index in [1.807, 2.05) is 42.5 Å². The minimum Gasteiger partial charge on any atom is -0.325 e. The lowest BCUT2D eigenvalue weighted by Gasteiger charge is -2.23. The van der Waals surface area contributed by atoms with Crippen molar-refractivity contribution in [3.05, 3.63) is 64.6 Å². The molecule has 22 heavy (non-hydrogen) atoms. The Labute approximate surface area is 140 Å². The first-order chi connectivity index (χ1) is 10.8. The highest BCUT2D eigenvalue weighted by atomic mass is 79.9. The molecule has 114 valence electrons. The van der Waals surface area contributed by atoms with E-state index in [9.17, 15) is 4.79 Å². The van der Waals surface area contributed by atoms with Gasteiger partial charge in [0.05, 0.1) is 11.6 Å². The van der Waals surface area contributed by atoms with Gasteiger partial charge in [0.15, 0.2) is 0 Å². The van der Waals surface area contributed by atoms with Crippen molar-refractivity contribution in [2.45, 2.75) is 31.6 Å². The van der Waals surface area contributed by atoms with Crippen LogP contribution < -0.4 is 5.32 Å². The maximum absolute atomic E-state index is 12.9. The first-order valence-electron chi connectivity index (χ1n) is 7.86. The van der Waals surface area contributed by atoms with Crippen LogP contribution in [0.3, 0.4) is 0 Å². The van der Waals surface area contributed by atoms with Crippen molar-refractivity contribution >= 4 is 27.5 Å². The van der Waals surface area contributed by atoms with Crippen LogP contribution >= 0.6 is 15.9 Å². The molecule has 0 aromatic heterocycles. The molecule has 0 spiro atoms. The van der Waals surface area contributed by atoms with Gasteiger partial charge in [-0.25, -0.2) is 0 Å². The van der Waals surface area contributed by atoms with Crippen LogP contribution in [0.1, 0.15) is 37.2 Å². The minimum atomic E-state index is -0.0594. The van der Waals surface area contributed by atoms with Gasteiger partial charge in [-0.15, -0.1) is 0 Å². The van der Waals surface area contributed by atoms with Gasteiger partial charge in [0.2, 0.25) is 5.91 Å². The van der Waals surface area contributed by atoms with Gasteiger partial charge in [-0.1, -0.05) is 55.3 Å². The summed E-state index contributed by atoms with van der Waals surface area (Å²) in [5, 5.41) is 3.10.